The molecule has 0 saturated heterocycles. The van der Waals surface area contributed by atoms with E-state index in [2.05, 4.69) is 4.98 Å². The number of aromatic hydroxyl groups is 1. The predicted octanol–water partition coefficient (Wildman–Crippen LogP) is 2.99. The van der Waals surface area contributed by atoms with Gasteiger partial charge in [-0.05, 0) is 25.1 Å². The molecule has 1 N–H and O–H groups in total. The van der Waals surface area contributed by atoms with E-state index in [0.717, 1.165) is 6.07 Å². The third-order valence-corrected chi connectivity index (χ3v) is 2.29. The second-order valence-electron chi connectivity index (χ2n) is 3.50. The molecule has 4 heteroatoms. The minimum absolute atomic E-state index is 0.111. The number of hydrogen-bond donors (Lipinski definition) is 1. The molecule has 1 heterocycles. The van der Waals surface area contributed by atoms with E-state index < -0.39 is 5.82 Å². The zero-order valence-electron chi connectivity index (χ0n) is 9.35. The Morgan fingerprint density at radius 1 is 1.29 bits per heavy atom. The largest absolute Gasteiger partial charge is 0.507 e. The highest BCUT2D eigenvalue weighted by Crippen LogP contribution is 2.30. The summed E-state index contributed by atoms with van der Waals surface area (Å²) >= 11 is 0. The summed E-state index contributed by atoms with van der Waals surface area (Å²) in [7, 11) is 0. The molecule has 17 heavy (non-hydrogen) atoms. The fourth-order valence-electron chi connectivity index (χ4n) is 1.56. The first kappa shape index (κ1) is 11.4. The molecule has 0 amide bonds. The summed E-state index contributed by atoms with van der Waals surface area (Å²) in [5, 5.41) is 9.66. The number of pyridine rings is 1. The van der Waals surface area contributed by atoms with Crippen molar-refractivity contribution in [3.8, 4) is 22.6 Å². The van der Waals surface area contributed by atoms with Crippen molar-refractivity contribution in [3.63, 3.8) is 0 Å². The molecule has 0 fully saturated rings. The van der Waals surface area contributed by atoms with Crippen LogP contribution < -0.4 is 4.74 Å². The Labute approximate surface area is 98.5 Å². The van der Waals surface area contributed by atoms with Crippen molar-refractivity contribution in [3.05, 3.63) is 42.5 Å². The van der Waals surface area contributed by atoms with E-state index in [1.165, 1.54) is 12.1 Å². The molecular weight excluding hydrogens is 221 g/mol. The average molecular weight is 233 g/mol. The molecule has 1 aromatic carbocycles. The van der Waals surface area contributed by atoms with Crippen LogP contribution in [0.3, 0.4) is 0 Å². The van der Waals surface area contributed by atoms with Gasteiger partial charge in [0.25, 0.3) is 0 Å². The lowest BCUT2D eigenvalue weighted by Gasteiger charge is -2.07. The first-order valence-electron chi connectivity index (χ1n) is 5.27. The van der Waals surface area contributed by atoms with Gasteiger partial charge in [-0.3, -0.25) is 4.98 Å². The van der Waals surface area contributed by atoms with Crippen LogP contribution in [0.15, 0.2) is 36.7 Å². The van der Waals surface area contributed by atoms with E-state index in [4.69, 9.17) is 4.74 Å². The fraction of sp³-hybridized carbons (Fsp3) is 0.154. The number of aromatic nitrogens is 1. The van der Waals surface area contributed by atoms with Crippen LogP contribution in [0, 0.1) is 5.82 Å². The highest BCUT2D eigenvalue weighted by atomic mass is 19.1. The maximum atomic E-state index is 12.9. The Morgan fingerprint density at radius 3 is 2.82 bits per heavy atom. The number of benzene rings is 1. The van der Waals surface area contributed by atoms with Gasteiger partial charge >= 0.3 is 0 Å². The van der Waals surface area contributed by atoms with Crippen molar-refractivity contribution in [2.45, 2.75) is 6.92 Å². The minimum atomic E-state index is -0.472. The molecule has 2 aromatic rings. The monoisotopic (exact) mass is 233 g/mol. The third-order valence-electron chi connectivity index (χ3n) is 2.29. The fourth-order valence-corrected chi connectivity index (χ4v) is 1.56. The highest BCUT2D eigenvalue weighted by molar-refractivity contribution is 5.70. The molecule has 0 unspecified atom stereocenters. The first-order valence-corrected chi connectivity index (χ1v) is 5.27. The molecule has 0 saturated carbocycles. The normalized spacial score (nSPS) is 10.2. The van der Waals surface area contributed by atoms with E-state index >= 15 is 0 Å². The van der Waals surface area contributed by atoms with Crippen LogP contribution in [-0.2, 0) is 0 Å². The lowest BCUT2D eigenvalue weighted by Crippen LogP contribution is -1.92. The Balaban J connectivity index is 2.42. The average Bonchev–Trinajstić information content (AvgIpc) is 2.29. The number of phenolic OH excluding ortho intramolecular Hbond substituents is 1. The molecule has 0 aliphatic carbocycles. The zero-order chi connectivity index (χ0) is 12.3. The van der Waals surface area contributed by atoms with E-state index in [-0.39, 0.29) is 5.75 Å². The van der Waals surface area contributed by atoms with Gasteiger partial charge in [0.15, 0.2) is 0 Å². The molecule has 0 bridgehead atoms. The van der Waals surface area contributed by atoms with Crippen LogP contribution in [0.1, 0.15) is 6.92 Å². The van der Waals surface area contributed by atoms with Gasteiger partial charge in [-0.25, -0.2) is 4.39 Å². The van der Waals surface area contributed by atoms with Crippen LogP contribution in [0.5, 0.6) is 11.5 Å². The van der Waals surface area contributed by atoms with E-state index in [0.29, 0.717) is 23.5 Å². The van der Waals surface area contributed by atoms with Crippen LogP contribution in [0.25, 0.3) is 11.1 Å². The van der Waals surface area contributed by atoms with E-state index in [1.807, 2.05) is 6.92 Å². The number of halogens is 1. The van der Waals surface area contributed by atoms with Crippen LogP contribution in [-0.4, -0.2) is 16.7 Å². The highest BCUT2D eigenvalue weighted by Gasteiger charge is 2.07. The van der Waals surface area contributed by atoms with Crippen molar-refractivity contribution in [1.29, 1.82) is 0 Å². The molecule has 0 atom stereocenters. The molecule has 88 valence electrons. The lowest BCUT2D eigenvalue weighted by molar-refractivity contribution is 0.339. The second kappa shape index (κ2) is 4.82. The number of ether oxygens (including phenoxy) is 1. The second-order valence-corrected chi connectivity index (χ2v) is 3.50. The zero-order valence-corrected chi connectivity index (χ0v) is 9.35. The maximum absolute atomic E-state index is 12.9. The van der Waals surface area contributed by atoms with Crippen molar-refractivity contribution in [2.75, 3.05) is 6.61 Å². The molecule has 3 nitrogen and oxygen atoms in total. The van der Waals surface area contributed by atoms with Gasteiger partial charge in [-0.1, -0.05) is 0 Å². The summed E-state index contributed by atoms with van der Waals surface area (Å²) in [6, 6.07) is 5.63. The van der Waals surface area contributed by atoms with Crippen molar-refractivity contribution >= 4 is 0 Å². The van der Waals surface area contributed by atoms with Gasteiger partial charge in [-0.15, -0.1) is 0 Å². The van der Waals surface area contributed by atoms with Crippen LogP contribution in [0.4, 0.5) is 4.39 Å². The molecular formula is C13H12FNO2. The summed E-state index contributed by atoms with van der Waals surface area (Å²) in [5.41, 5.74) is 1.22. The number of hydrogen-bond acceptors (Lipinski definition) is 3. The summed E-state index contributed by atoms with van der Waals surface area (Å²) in [6.45, 7) is 2.42. The topological polar surface area (TPSA) is 42.4 Å². The molecule has 0 aliphatic heterocycles. The Morgan fingerprint density at radius 2 is 2.12 bits per heavy atom. The Kier molecular flexibility index (Phi) is 3.23. The van der Waals surface area contributed by atoms with Gasteiger partial charge in [0.1, 0.15) is 17.3 Å². The predicted molar refractivity (Wildman–Crippen MR) is 62.5 cm³/mol. The molecule has 2 rings (SSSR count). The quantitative estimate of drug-likeness (QED) is 0.886. The van der Waals surface area contributed by atoms with Gasteiger partial charge < -0.3 is 9.84 Å². The smallest absolute Gasteiger partial charge is 0.138 e. The third kappa shape index (κ3) is 2.53. The lowest BCUT2D eigenvalue weighted by atomic mass is 10.1. The maximum Gasteiger partial charge on any atom is 0.138 e. The standard InChI is InChI=1S/C13H12FNO2/c1-2-17-11-5-9(7-15-8-11)12-4-3-10(14)6-13(12)16/h3-8,16H,2H2,1H3. The molecule has 0 aliphatic rings. The van der Waals surface area contributed by atoms with Crippen molar-refractivity contribution in [2.24, 2.45) is 0 Å². The van der Waals surface area contributed by atoms with Crippen molar-refractivity contribution < 1.29 is 14.2 Å². The number of phenols is 1. The number of nitrogens with zero attached hydrogens (tertiary/aromatic N) is 1. The molecule has 0 radical (unpaired) electrons. The van der Waals surface area contributed by atoms with Gasteiger partial charge in [0.2, 0.25) is 0 Å². The minimum Gasteiger partial charge on any atom is -0.507 e. The summed E-state index contributed by atoms with van der Waals surface area (Å²) in [4.78, 5) is 4.01. The van der Waals surface area contributed by atoms with Crippen molar-refractivity contribution in [1.82, 2.24) is 4.98 Å². The SMILES string of the molecule is CCOc1cncc(-c2ccc(F)cc2O)c1. The summed E-state index contributed by atoms with van der Waals surface area (Å²) in [5.74, 6) is 0.0364. The van der Waals surface area contributed by atoms with Crippen LogP contribution in [0.2, 0.25) is 0 Å². The summed E-state index contributed by atoms with van der Waals surface area (Å²) in [6.07, 6.45) is 3.18. The Hall–Kier alpha value is -2.10. The number of rotatable bonds is 3. The van der Waals surface area contributed by atoms with Gasteiger partial charge in [0, 0.05) is 23.4 Å². The van der Waals surface area contributed by atoms with Gasteiger partial charge in [0.05, 0.1) is 12.8 Å². The van der Waals surface area contributed by atoms with Gasteiger partial charge in [-0.2, -0.15) is 0 Å². The molecule has 0 spiro atoms. The van der Waals surface area contributed by atoms with Crippen LogP contribution >= 0.6 is 0 Å². The first-order chi connectivity index (χ1) is 8.20. The Bertz CT molecular complexity index is 529. The summed E-state index contributed by atoms with van der Waals surface area (Å²) < 4.78 is 18.2. The van der Waals surface area contributed by atoms with E-state index in [1.54, 1.807) is 18.5 Å². The van der Waals surface area contributed by atoms with E-state index in [9.17, 15) is 9.50 Å². The molecule has 1 aromatic heterocycles.